The number of aromatic nitrogens is 4. The minimum Gasteiger partial charge on any atom is -0.320 e. The summed E-state index contributed by atoms with van der Waals surface area (Å²) >= 11 is 0. The molecule has 176 valence electrons. The SMILES string of the molecule is Cc1ccc(C=O)c([C@H]2CCc3nc4ccc(-c5cnc(C6(N)CCC6)nc5)cc4n32)c1C1CC1. The maximum absolute atomic E-state index is 12.1. The van der Waals surface area contributed by atoms with E-state index in [1.807, 2.05) is 18.5 Å². The molecule has 35 heavy (non-hydrogen) atoms. The molecular formula is C29H29N5O. The molecule has 0 bridgehead atoms. The van der Waals surface area contributed by atoms with Crippen LogP contribution in [0, 0.1) is 6.92 Å². The summed E-state index contributed by atoms with van der Waals surface area (Å²) in [5.41, 5.74) is 14.9. The van der Waals surface area contributed by atoms with Gasteiger partial charge in [-0.1, -0.05) is 18.2 Å². The van der Waals surface area contributed by atoms with E-state index >= 15 is 0 Å². The molecule has 2 saturated carbocycles. The summed E-state index contributed by atoms with van der Waals surface area (Å²) in [6.45, 7) is 2.18. The Balaban J connectivity index is 1.33. The van der Waals surface area contributed by atoms with Crippen LogP contribution in [0.4, 0.5) is 0 Å². The summed E-state index contributed by atoms with van der Waals surface area (Å²) in [4.78, 5) is 26.3. The molecule has 7 rings (SSSR count). The zero-order chi connectivity index (χ0) is 23.7. The molecule has 2 fully saturated rings. The van der Waals surface area contributed by atoms with Crippen molar-refractivity contribution in [1.82, 2.24) is 19.5 Å². The van der Waals surface area contributed by atoms with Gasteiger partial charge < -0.3 is 10.3 Å². The predicted octanol–water partition coefficient (Wildman–Crippen LogP) is 5.37. The summed E-state index contributed by atoms with van der Waals surface area (Å²) in [7, 11) is 0. The number of hydrogen-bond donors (Lipinski definition) is 1. The van der Waals surface area contributed by atoms with E-state index < -0.39 is 0 Å². The normalized spacial score (nSPS) is 20.6. The van der Waals surface area contributed by atoms with Crippen molar-refractivity contribution in [3.63, 3.8) is 0 Å². The molecule has 3 heterocycles. The number of fused-ring (bicyclic) bond motifs is 3. The lowest BCUT2D eigenvalue weighted by atomic mass is 9.77. The van der Waals surface area contributed by atoms with Crippen molar-refractivity contribution < 1.29 is 4.79 Å². The second kappa shape index (κ2) is 7.56. The zero-order valence-electron chi connectivity index (χ0n) is 20.0. The monoisotopic (exact) mass is 463 g/mol. The van der Waals surface area contributed by atoms with Crippen molar-refractivity contribution in [2.45, 2.75) is 69.4 Å². The first-order valence-electron chi connectivity index (χ1n) is 12.8. The minimum atomic E-state index is -0.356. The van der Waals surface area contributed by atoms with Gasteiger partial charge in [0.05, 0.1) is 22.6 Å². The first kappa shape index (κ1) is 20.9. The molecule has 1 atom stereocenters. The van der Waals surface area contributed by atoms with Gasteiger partial charge in [0, 0.05) is 29.9 Å². The van der Waals surface area contributed by atoms with Crippen LogP contribution in [0.2, 0.25) is 0 Å². The van der Waals surface area contributed by atoms with Gasteiger partial charge >= 0.3 is 0 Å². The highest BCUT2D eigenvalue weighted by atomic mass is 16.1. The number of aldehydes is 1. The van der Waals surface area contributed by atoms with Gasteiger partial charge in [0.2, 0.25) is 0 Å². The number of nitrogens with two attached hydrogens (primary N) is 1. The Bertz CT molecular complexity index is 1480. The molecule has 1 aliphatic heterocycles. The fraction of sp³-hybridized carbons (Fsp3) is 0.379. The summed E-state index contributed by atoms with van der Waals surface area (Å²) in [5.74, 6) is 2.42. The first-order chi connectivity index (χ1) is 17.1. The van der Waals surface area contributed by atoms with Crippen LogP contribution in [-0.2, 0) is 12.0 Å². The van der Waals surface area contributed by atoms with Crippen LogP contribution in [0.3, 0.4) is 0 Å². The second-order valence-corrected chi connectivity index (χ2v) is 10.7. The average molecular weight is 464 g/mol. The molecule has 6 nitrogen and oxygen atoms in total. The third kappa shape index (κ3) is 3.19. The highest BCUT2D eigenvalue weighted by molar-refractivity contribution is 5.84. The number of aryl methyl sites for hydroxylation is 2. The van der Waals surface area contributed by atoms with Crippen molar-refractivity contribution in [1.29, 1.82) is 0 Å². The lowest BCUT2D eigenvalue weighted by molar-refractivity contribution is 0.112. The molecule has 2 aliphatic carbocycles. The lowest BCUT2D eigenvalue weighted by Gasteiger charge is -2.36. The Hall–Kier alpha value is -3.38. The Morgan fingerprint density at radius 1 is 1.03 bits per heavy atom. The van der Waals surface area contributed by atoms with Crippen molar-refractivity contribution in [2.75, 3.05) is 0 Å². The summed E-state index contributed by atoms with van der Waals surface area (Å²) in [5, 5.41) is 0. The van der Waals surface area contributed by atoms with Crippen LogP contribution in [-0.4, -0.2) is 25.8 Å². The summed E-state index contributed by atoms with van der Waals surface area (Å²) in [6, 6.07) is 10.6. The molecule has 2 aromatic carbocycles. The van der Waals surface area contributed by atoms with Gasteiger partial charge in [-0.3, -0.25) is 4.79 Å². The van der Waals surface area contributed by atoms with E-state index in [9.17, 15) is 4.79 Å². The van der Waals surface area contributed by atoms with Gasteiger partial charge in [-0.05, 0) is 85.8 Å². The quantitative estimate of drug-likeness (QED) is 0.402. The van der Waals surface area contributed by atoms with Crippen molar-refractivity contribution >= 4 is 17.3 Å². The van der Waals surface area contributed by atoms with E-state index in [-0.39, 0.29) is 11.6 Å². The number of imidazole rings is 1. The molecule has 2 aromatic heterocycles. The molecule has 4 aromatic rings. The van der Waals surface area contributed by atoms with Gasteiger partial charge in [-0.25, -0.2) is 15.0 Å². The fourth-order valence-corrected chi connectivity index (χ4v) is 6.18. The standard InChI is InChI=1S/C29H29N5O/c1-17-3-4-20(16-35)27(26(17)18-5-6-18)23-9-10-25-33-22-8-7-19(13-24(22)34(23)25)21-14-31-28(32-15-21)29(30)11-2-12-29/h3-4,7-8,13-16,18,23H,2,5-6,9-12,30H2,1H3/t23-/m1/s1. The molecule has 0 unspecified atom stereocenters. The van der Waals surface area contributed by atoms with E-state index in [1.165, 1.54) is 29.5 Å². The summed E-state index contributed by atoms with van der Waals surface area (Å²) < 4.78 is 2.38. The lowest BCUT2D eigenvalue weighted by Crippen LogP contribution is -2.44. The van der Waals surface area contributed by atoms with Crippen molar-refractivity contribution in [3.05, 3.63) is 76.6 Å². The maximum Gasteiger partial charge on any atom is 0.150 e. The minimum absolute atomic E-state index is 0.135. The van der Waals surface area contributed by atoms with Gasteiger partial charge in [0.15, 0.2) is 0 Å². The number of carbonyl (C=O) groups is 1. The van der Waals surface area contributed by atoms with E-state index in [0.29, 0.717) is 5.92 Å². The number of hydrogen-bond acceptors (Lipinski definition) is 5. The molecular weight excluding hydrogens is 434 g/mol. The smallest absolute Gasteiger partial charge is 0.150 e. The van der Waals surface area contributed by atoms with Crippen LogP contribution >= 0.6 is 0 Å². The van der Waals surface area contributed by atoms with E-state index in [0.717, 1.165) is 77.8 Å². The van der Waals surface area contributed by atoms with Gasteiger partial charge in [0.1, 0.15) is 17.9 Å². The molecule has 0 spiro atoms. The van der Waals surface area contributed by atoms with Crippen molar-refractivity contribution in [2.24, 2.45) is 5.73 Å². The van der Waals surface area contributed by atoms with Crippen LogP contribution in [0.15, 0.2) is 42.7 Å². The zero-order valence-corrected chi connectivity index (χ0v) is 20.0. The van der Waals surface area contributed by atoms with Gasteiger partial charge in [-0.2, -0.15) is 0 Å². The van der Waals surface area contributed by atoms with Crippen molar-refractivity contribution in [3.8, 4) is 11.1 Å². The van der Waals surface area contributed by atoms with Crippen LogP contribution in [0.25, 0.3) is 22.2 Å². The van der Waals surface area contributed by atoms with E-state index in [1.54, 1.807) is 0 Å². The Labute approximate surface area is 204 Å². The van der Waals surface area contributed by atoms with E-state index in [2.05, 4.69) is 45.7 Å². The highest BCUT2D eigenvalue weighted by Crippen LogP contribution is 2.48. The fourth-order valence-electron chi connectivity index (χ4n) is 6.18. The molecule has 6 heteroatoms. The third-order valence-electron chi connectivity index (χ3n) is 8.38. The second-order valence-electron chi connectivity index (χ2n) is 10.7. The van der Waals surface area contributed by atoms with Crippen LogP contribution in [0.5, 0.6) is 0 Å². The molecule has 3 aliphatic rings. The van der Waals surface area contributed by atoms with Gasteiger partial charge in [0.25, 0.3) is 0 Å². The molecule has 0 amide bonds. The molecule has 2 N–H and O–H groups in total. The van der Waals surface area contributed by atoms with Crippen LogP contribution in [0.1, 0.15) is 89.2 Å². The summed E-state index contributed by atoms with van der Waals surface area (Å²) in [6.07, 6.45) is 12.2. The highest BCUT2D eigenvalue weighted by Gasteiger charge is 2.37. The van der Waals surface area contributed by atoms with Crippen LogP contribution < -0.4 is 5.73 Å². The Morgan fingerprint density at radius 2 is 1.83 bits per heavy atom. The number of carbonyl (C=O) groups excluding carboxylic acids is 1. The predicted molar refractivity (Wildman–Crippen MR) is 135 cm³/mol. The Kier molecular flexibility index (Phi) is 4.52. The topological polar surface area (TPSA) is 86.7 Å². The first-order valence-corrected chi connectivity index (χ1v) is 12.8. The van der Waals surface area contributed by atoms with Gasteiger partial charge in [-0.15, -0.1) is 0 Å². The largest absolute Gasteiger partial charge is 0.320 e. The number of benzene rings is 2. The average Bonchev–Trinajstić information content (AvgIpc) is 3.51. The maximum atomic E-state index is 12.1. The third-order valence-corrected chi connectivity index (χ3v) is 8.38. The van der Waals surface area contributed by atoms with E-state index in [4.69, 9.17) is 10.7 Å². The molecule has 0 radical (unpaired) electrons. The Morgan fingerprint density at radius 3 is 2.51 bits per heavy atom. The number of nitrogens with zero attached hydrogens (tertiary/aromatic N) is 4. The molecule has 0 saturated heterocycles. The number of rotatable bonds is 5.